The van der Waals surface area contributed by atoms with Crippen LogP contribution in [-0.4, -0.2) is 210 Å². The summed E-state index contributed by atoms with van der Waals surface area (Å²) in [5.74, 6) is 1.96. The topological polar surface area (TPSA) is 254 Å². The van der Waals surface area contributed by atoms with Gasteiger partial charge in [-0.2, -0.15) is 29.9 Å². The van der Waals surface area contributed by atoms with Crippen LogP contribution >= 0.6 is 11.6 Å². The molecule has 5 aliphatic heterocycles. The van der Waals surface area contributed by atoms with Crippen LogP contribution in [0.5, 0.6) is 0 Å². The molecule has 5 saturated heterocycles. The van der Waals surface area contributed by atoms with Gasteiger partial charge in [-0.1, -0.05) is 0 Å². The number of alkyl halides is 4. The number of nitrogens with zero attached hydrogens (tertiary/aromatic N) is 14. The number of aliphatic hydroxyl groups excluding tert-OH is 2. The fourth-order valence-corrected chi connectivity index (χ4v) is 8.58. The highest BCUT2D eigenvalue weighted by atomic mass is 35.5. The van der Waals surface area contributed by atoms with E-state index in [1.54, 1.807) is 19.0 Å². The maximum atomic E-state index is 13.7. The number of aliphatic imine (C=N–C) groups is 1. The number of pyridine rings is 2. The number of aliphatic hydroxyl groups is 2. The first-order valence-electron chi connectivity index (χ1n) is 24.8. The Hall–Kier alpha value is -5.46. The number of anilines is 5. The van der Waals surface area contributed by atoms with Crippen LogP contribution in [0.15, 0.2) is 29.5 Å². The van der Waals surface area contributed by atoms with Crippen LogP contribution in [0.4, 0.5) is 53.0 Å². The lowest BCUT2D eigenvalue weighted by Crippen LogP contribution is -2.49. The number of rotatable bonds is 12. The smallest absolute Gasteiger partial charge is 0.399 e. The van der Waals surface area contributed by atoms with Gasteiger partial charge >= 0.3 is 7.12 Å². The van der Waals surface area contributed by atoms with Crippen molar-refractivity contribution in [2.75, 3.05) is 132 Å². The molecule has 5 fully saturated rings. The summed E-state index contributed by atoms with van der Waals surface area (Å²) in [5, 5.41) is 19.4. The minimum Gasteiger partial charge on any atom is -0.399 e. The number of nitrogen functional groups attached to an aromatic ring is 1. The van der Waals surface area contributed by atoms with Crippen LogP contribution < -0.4 is 30.8 Å². The van der Waals surface area contributed by atoms with Crippen LogP contribution in [0, 0.1) is 0 Å². The van der Waals surface area contributed by atoms with Crippen molar-refractivity contribution >= 4 is 65.9 Å². The van der Waals surface area contributed by atoms with E-state index in [1.807, 2.05) is 49.3 Å². The van der Waals surface area contributed by atoms with E-state index in [-0.39, 0.29) is 88.2 Å². The molecule has 0 radical (unpaired) electrons. The van der Waals surface area contributed by atoms with Crippen molar-refractivity contribution in [3.8, 4) is 11.4 Å². The molecule has 29 heteroatoms. The Morgan fingerprint density at radius 2 is 1.16 bits per heavy atom. The molecule has 416 valence electrons. The molecule has 23 nitrogen and oxygen atoms in total. The molecule has 0 bridgehead atoms. The Morgan fingerprint density at radius 1 is 0.697 bits per heavy atom. The van der Waals surface area contributed by atoms with E-state index in [9.17, 15) is 27.8 Å². The molecular formula is C47H67BClF4N15O8. The molecular weight excluding hydrogens is 1020 g/mol. The quantitative estimate of drug-likeness (QED) is 0.0796. The van der Waals surface area contributed by atoms with Crippen molar-refractivity contribution in [3.63, 3.8) is 0 Å². The van der Waals surface area contributed by atoms with E-state index in [0.29, 0.717) is 96.9 Å². The summed E-state index contributed by atoms with van der Waals surface area (Å²) in [5.41, 5.74) is 4.27. The lowest BCUT2D eigenvalue weighted by molar-refractivity contribution is 0.00578. The second kappa shape index (κ2) is 25.8. The lowest BCUT2D eigenvalue weighted by atomic mass is 9.77. The summed E-state index contributed by atoms with van der Waals surface area (Å²) in [6.07, 6.45) is -1.33. The third-order valence-corrected chi connectivity index (χ3v) is 13.6. The molecule has 4 aromatic heterocycles. The zero-order valence-electron chi connectivity index (χ0n) is 43.9. The van der Waals surface area contributed by atoms with E-state index in [1.165, 1.54) is 24.8 Å². The second-order valence-electron chi connectivity index (χ2n) is 19.7. The van der Waals surface area contributed by atoms with Gasteiger partial charge in [0.2, 0.25) is 29.1 Å². The van der Waals surface area contributed by atoms with E-state index in [4.69, 9.17) is 45.6 Å². The molecule has 76 heavy (non-hydrogen) atoms. The van der Waals surface area contributed by atoms with Gasteiger partial charge in [-0.05, 0) is 65.3 Å². The van der Waals surface area contributed by atoms with Gasteiger partial charge in [-0.15, -0.1) is 0 Å². The zero-order chi connectivity index (χ0) is 54.9. The Bertz CT molecular complexity index is 2570. The molecule has 9 rings (SSSR count). The molecule has 0 aromatic carbocycles. The Morgan fingerprint density at radius 3 is 1.63 bits per heavy atom. The molecule has 4 N–H and O–H groups in total. The van der Waals surface area contributed by atoms with E-state index in [2.05, 4.69) is 56.7 Å². The van der Waals surface area contributed by atoms with Crippen molar-refractivity contribution in [3.05, 3.63) is 40.9 Å². The van der Waals surface area contributed by atoms with Crippen molar-refractivity contribution in [2.45, 2.75) is 89.8 Å². The average Bonchev–Trinajstić information content (AvgIpc) is 3.64. The van der Waals surface area contributed by atoms with Crippen LogP contribution in [0.2, 0.25) is 5.28 Å². The molecule has 4 atom stereocenters. The van der Waals surface area contributed by atoms with Crippen molar-refractivity contribution < 1.29 is 56.0 Å². The van der Waals surface area contributed by atoms with Crippen molar-refractivity contribution in [1.29, 1.82) is 0 Å². The summed E-state index contributed by atoms with van der Waals surface area (Å²) in [4.78, 5) is 48.2. The van der Waals surface area contributed by atoms with Crippen LogP contribution in [0.25, 0.3) is 11.4 Å². The fraction of sp³-hybridized carbons (Fsp3) is 0.638. The molecule has 0 amide bonds. The molecule has 5 aliphatic rings. The third kappa shape index (κ3) is 14.2. The molecule has 4 aromatic rings. The first-order chi connectivity index (χ1) is 36.2. The van der Waals surface area contributed by atoms with Crippen LogP contribution in [0.3, 0.4) is 0 Å². The first kappa shape index (κ1) is 58.2. The Kier molecular flexibility index (Phi) is 19.8. The monoisotopic (exact) mass is 1090 g/mol. The number of ether oxygens (including phenoxy) is 4. The summed E-state index contributed by atoms with van der Waals surface area (Å²) in [7, 11) is 2.70. The van der Waals surface area contributed by atoms with Crippen LogP contribution in [0.1, 0.15) is 65.5 Å². The predicted octanol–water partition coefficient (Wildman–Crippen LogP) is 3.36. The Balaban J connectivity index is 0.000000169. The highest BCUT2D eigenvalue weighted by Crippen LogP contribution is 2.38. The summed E-state index contributed by atoms with van der Waals surface area (Å²) >= 11 is 6.09. The van der Waals surface area contributed by atoms with Gasteiger partial charge in [-0.3, -0.25) is 0 Å². The zero-order valence-corrected chi connectivity index (χ0v) is 44.7. The number of hydrogen-bond acceptors (Lipinski definition) is 22. The van der Waals surface area contributed by atoms with E-state index in [0.717, 1.165) is 6.07 Å². The van der Waals surface area contributed by atoms with Gasteiger partial charge in [0.25, 0.3) is 12.9 Å². The average molecular weight is 1090 g/mol. The predicted molar refractivity (Wildman–Crippen MR) is 277 cm³/mol. The van der Waals surface area contributed by atoms with Gasteiger partial charge < -0.3 is 68.7 Å². The van der Waals surface area contributed by atoms with Crippen LogP contribution in [-0.2, 0) is 28.3 Å². The van der Waals surface area contributed by atoms with Gasteiger partial charge in [-0.25, -0.2) is 32.5 Å². The number of morpholine rings is 4. The Labute approximate surface area is 444 Å². The maximum absolute atomic E-state index is 13.7. The minimum absolute atomic E-state index is 0.00529. The van der Waals surface area contributed by atoms with Crippen molar-refractivity contribution in [1.82, 2.24) is 44.8 Å². The SMILES string of the molecule is CN(C)C=Nc1cc(C(F)F)c(B2OC(C)(C)C(C)(C)O2)cn1.C[C@@H]1COCCN1c1nc(-c2cnc(N)cc2C(F)F)nc(N2CCOC[C@H]2CO)n1.C[C@@H]1COCCN1c1nc(Cl)nc(N2CCOC[C@H]2CO)n1. The molecule has 0 spiro atoms. The van der Waals surface area contributed by atoms with Crippen molar-refractivity contribution in [2.24, 2.45) is 4.99 Å². The fourth-order valence-electron chi connectivity index (χ4n) is 8.43. The third-order valence-electron chi connectivity index (χ3n) is 13.4. The highest BCUT2D eigenvalue weighted by molar-refractivity contribution is 6.62. The highest BCUT2D eigenvalue weighted by Gasteiger charge is 2.53. The number of hydrogen-bond donors (Lipinski definition) is 3. The van der Waals surface area contributed by atoms with Gasteiger partial charge in [0, 0.05) is 74.8 Å². The van der Waals surface area contributed by atoms with E-state index < -0.39 is 31.2 Å². The molecule has 9 heterocycles. The van der Waals surface area contributed by atoms with Gasteiger partial charge in [0.15, 0.2) is 11.6 Å². The standard InChI is InChI=1S/C19H25F2N7O3.C15H22BF2N3O2.C13H20ClN5O3/c1-11-9-30-4-2-27(11)18-24-17(14-7-23-15(22)6-13(14)16(20)21)25-19(26-18)28-3-5-31-10-12(28)8-29;1-14(2)15(3,4)23-16(22-14)11-8-19-12(20-9-21(5)6)7-10(11)13(17)18;1-9-7-21-4-2-18(9)12-15-11(14)16-13(17-12)19-3-5-22-8-10(19)6-20/h6-7,11-12,16,29H,2-5,8-10H2,1H3,(H2,22,23);7-9,13H,1-6H3;9-10,20H,2-8H2,1H3/t11-,12-;;9-,10-/m1.1/s1. The second-order valence-corrected chi connectivity index (χ2v) is 20.0. The largest absolute Gasteiger partial charge is 0.496 e. The molecule has 0 saturated carbocycles. The maximum Gasteiger partial charge on any atom is 0.496 e. The summed E-state index contributed by atoms with van der Waals surface area (Å²) < 4.78 is 87.8. The normalized spacial score (nSPS) is 22.7. The number of nitrogens with two attached hydrogens (primary N) is 1. The molecule has 0 aliphatic carbocycles. The minimum atomic E-state index is -2.78. The number of aromatic nitrogens is 8. The summed E-state index contributed by atoms with van der Waals surface area (Å²) in [6.45, 7) is 17.7. The first-order valence-corrected chi connectivity index (χ1v) is 25.2. The molecule has 0 unspecified atom stereocenters. The lowest BCUT2D eigenvalue weighted by Gasteiger charge is -2.36. The van der Waals surface area contributed by atoms with Gasteiger partial charge in [0.05, 0.1) is 108 Å². The summed E-state index contributed by atoms with van der Waals surface area (Å²) in [6, 6.07) is 2.06. The number of halogens is 5. The van der Waals surface area contributed by atoms with Gasteiger partial charge in [0.1, 0.15) is 5.82 Å². The van der Waals surface area contributed by atoms with E-state index >= 15 is 0 Å².